The Bertz CT molecular complexity index is 686. The number of rotatable bonds is 5. The molecule has 10 heteroatoms. The van der Waals surface area contributed by atoms with Crippen LogP contribution in [0.15, 0.2) is 18.2 Å². The maximum atomic E-state index is 12.8. The third-order valence-electron chi connectivity index (χ3n) is 3.16. The van der Waals surface area contributed by atoms with Crippen LogP contribution in [-0.2, 0) is 33.1 Å². The molecule has 0 heterocycles. The summed E-state index contributed by atoms with van der Waals surface area (Å²) in [5.74, 6) is 0.222. The van der Waals surface area contributed by atoms with E-state index in [0.29, 0.717) is 12.1 Å². The van der Waals surface area contributed by atoms with Crippen molar-refractivity contribution in [3.8, 4) is 12.3 Å². The summed E-state index contributed by atoms with van der Waals surface area (Å²) in [7, 11) is 1.03. The lowest BCUT2D eigenvalue weighted by molar-refractivity contribution is -0.144. The zero-order valence-corrected chi connectivity index (χ0v) is 13.3. The fourth-order valence-electron chi connectivity index (χ4n) is 2.01. The minimum absolute atomic E-state index is 0.0446. The molecule has 1 aromatic rings. The van der Waals surface area contributed by atoms with Gasteiger partial charge in [-0.15, -0.1) is 12.3 Å². The maximum absolute atomic E-state index is 12.8. The Kier molecular flexibility index (Phi) is 6.66. The molecule has 0 saturated carbocycles. The van der Waals surface area contributed by atoms with E-state index in [2.05, 4.69) is 16.0 Å². The predicted molar refractivity (Wildman–Crippen MR) is 77.5 cm³/mol. The zero-order chi connectivity index (χ0) is 20.1. The fourth-order valence-corrected chi connectivity index (χ4v) is 2.01. The molecule has 0 aliphatic heterocycles. The molecule has 0 fully saturated rings. The summed E-state index contributed by atoms with van der Waals surface area (Å²) in [6, 6.07) is -0.436. The molecule has 1 N–H and O–H groups in total. The van der Waals surface area contributed by atoms with Gasteiger partial charge in [0.1, 0.15) is 6.04 Å². The Morgan fingerprint density at radius 3 is 2.00 bits per heavy atom. The van der Waals surface area contributed by atoms with Crippen molar-refractivity contribution in [3.63, 3.8) is 0 Å². The van der Waals surface area contributed by atoms with Gasteiger partial charge in [-0.1, -0.05) is 0 Å². The van der Waals surface area contributed by atoms with Crippen LogP contribution in [0.3, 0.4) is 0 Å². The molecule has 1 amide bonds. The van der Waals surface area contributed by atoms with Crippen LogP contribution in [0.4, 0.5) is 26.3 Å². The van der Waals surface area contributed by atoms with Gasteiger partial charge < -0.3 is 10.1 Å². The number of amides is 1. The second-order valence-electron chi connectivity index (χ2n) is 5.14. The number of terminal acetylenes is 1. The highest BCUT2D eigenvalue weighted by atomic mass is 19.4. The minimum Gasteiger partial charge on any atom is -0.467 e. The summed E-state index contributed by atoms with van der Waals surface area (Å²) in [5.41, 5.74) is -3.60. The average Bonchev–Trinajstić information content (AvgIpc) is 2.51. The quantitative estimate of drug-likeness (QED) is 0.485. The molecular weight excluding hydrogens is 368 g/mol. The SMILES string of the molecule is C#CC[C@H](NC(=O)Cc1cc(C(F)(F)F)cc(C(F)(F)F)c1)C(=O)OC. The molecule has 0 radical (unpaired) electrons. The van der Waals surface area contributed by atoms with Gasteiger partial charge in [0.2, 0.25) is 5.91 Å². The van der Waals surface area contributed by atoms with E-state index in [4.69, 9.17) is 6.42 Å². The summed E-state index contributed by atoms with van der Waals surface area (Å²) in [6.45, 7) is 0. The summed E-state index contributed by atoms with van der Waals surface area (Å²) in [5, 5.41) is 2.12. The zero-order valence-electron chi connectivity index (χ0n) is 13.3. The molecule has 1 aromatic carbocycles. The molecule has 26 heavy (non-hydrogen) atoms. The van der Waals surface area contributed by atoms with Crippen molar-refractivity contribution in [1.82, 2.24) is 5.32 Å². The molecule has 4 nitrogen and oxygen atoms in total. The van der Waals surface area contributed by atoms with Crippen LogP contribution in [0.25, 0.3) is 0 Å². The van der Waals surface area contributed by atoms with Crippen molar-refractivity contribution in [1.29, 1.82) is 0 Å². The highest BCUT2D eigenvalue weighted by Crippen LogP contribution is 2.36. The first-order valence-electron chi connectivity index (χ1n) is 6.97. The van der Waals surface area contributed by atoms with E-state index in [9.17, 15) is 35.9 Å². The lowest BCUT2D eigenvalue weighted by atomic mass is 10.0. The monoisotopic (exact) mass is 381 g/mol. The smallest absolute Gasteiger partial charge is 0.416 e. The van der Waals surface area contributed by atoms with Gasteiger partial charge in [-0.2, -0.15) is 26.3 Å². The molecule has 0 aromatic heterocycles. The van der Waals surface area contributed by atoms with Gasteiger partial charge in [-0.05, 0) is 23.8 Å². The molecule has 0 spiro atoms. The summed E-state index contributed by atoms with van der Waals surface area (Å²) in [6.07, 6.45) is -6.09. The standard InChI is InChI=1S/C16H13F6NO3/c1-3-4-12(14(25)26-2)23-13(24)7-9-5-10(15(17,18)19)8-11(6-9)16(20,21)22/h1,5-6,8,12H,4,7H2,2H3,(H,23,24)/t12-/m0/s1. The number of hydrogen-bond donors (Lipinski definition) is 1. The van der Waals surface area contributed by atoms with Crippen LogP contribution < -0.4 is 5.32 Å². The molecule has 0 aliphatic rings. The second-order valence-corrected chi connectivity index (χ2v) is 5.14. The number of benzene rings is 1. The summed E-state index contributed by atoms with van der Waals surface area (Å²) >= 11 is 0. The predicted octanol–water partition coefficient (Wildman–Crippen LogP) is 2.95. The molecule has 0 saturated heterocycles. The number of esters is 1. The molecule has 0 unspecified atom stereocenters. The van der Waals surface area contributed by atoms with Crippen LogP contribution in [-0.4, -0.2) is 25.0 Å². The minimum atomic E-state index is -5.02. The molecule has 142 valence electrons. The van der Waals surface area contributed by atoms with E-state index >= 15 is 0 Å². The van der Waals surface area contributed by atoms with Crippen LogP contribution >= 0.6 is 0 Å². The van der Waals surface area contributed by atoms with Crippen molar-refractivity contribution >= 4 is 11.9 Å². The van der Waals surface area contributed by atoms with Crippen LogP contribution in [0, 0.1) is 12.3 Å². The number of carbonyl (C=O) groups excluding carboxylic acids is 2. The summed E-state index contributed by atoms with van der Waals surface area (Å²) in [4.78, 5) is 23.3. The largest absolute Gasteiger partial charge is 0.467 e. The first kappa shape index (κ1) is 21.3. The number of ether oxygens (including phenoxy) is 1. The van der Waals surface area contributed by atoms with Crippen LogP contribution in [0.1, 0.15) is 23.1 Å². The second kappa shape index (κ2) is 8.12. The van der Waals surface area contributed by atoms with E-state index in [-0.39, 0.29) is 12.5 Å². The third-order valence-corrected chi connectivity index (χ3v) is 3.16. The highest BCUT2D eigenvalue weighted by molar-refractivity contribution is 5.85. The van der Waals surface area contributed by atoms with E-state index < -0.39 is 53.4 Å². The number of alkyl halides is 6. The third kappa shape index (κ3) is 5.98. The van der Waals surface area contributed by atoms with Gasteiger partial charge in [0, 0.05) is 6.42 Å². The topological polar surface area (TPSA) is 55.4 Å². The van der Waals surface area contributed by atoms with Gasteiger partial charge in [-0.25, -0.2) is 4.79 Å². The molecule has 1 atom stereocenters. The number of halogens is 6. The molecule has 0 aliphatic carbocycles. The van der Waals surface area contributed by atoms with Crippen molar-refractivity contribution in [3.05, 3.63) is 34.9 Å². The molecule has 1 rings (SSSR count). The number of hydrogen-bond acceptors (Lipinski definition) is 3. The van der Waals surface area contributed by atoms with Gasteiger partial charge in [-0.3, -0.25) is 4.79 Å². The number of methoxy groups -OCH3 is 1. The highest BCUT2D eigenvalue weighted by Gasteiger charge is 2.37. The fraction of sp³-hybridized carbons (Fsp3) is 0.375. The van der Waals surface area contributed by atoms with E-state index in [1.165, 1.54) is 0 Å². The van der Waals surface area contributed by atoms with Gasteiger partial charge in [0.15, 0.2) is 0 Å². The van der Waals surface area contributed by atoms with Crippen molar-refractivity contribution in [2.45, 2.75) is 31.2 Å². The average molecular weight is 381 g/mol. The van der Waals surface area contributed by atoms with Crippen molar-refractivity contribution < 1.29 is 40.7 Å². The van der Waals surface area contributed by atoms with Crippen LogP contribution in [0.2, 0.25) is 0 Å². The number of nitrogens with one attached hydrogen (secondary N) is 1. The van der Waals surface area contributed by atoms with Gasteiger partial charge >= 0.3 is 18.3 Å². The van der Waals surface area contributed by atoms with E-state index in [0.717, 1.165) is 7.11 Å². The maximum Gasteiger partial charge on any atom is 0.416 e. The Balaban J connectivity index is 3.10. The van der Waals surface area contributed by atoms with E-state index in [1.807, 2.05) is 0 Å². The molecular formula is C16H13F6NO3. The van der Waals surface area contributed by atoms with Crippen LogP contribution in [0.5, 0.6) is 0 Å². The normalized spacial score (nSPS) is 12.8. The first-order chi connectivity index (χ1) is 11.9. The Labute approximate surface area is 144 Å². The van der Waals surface area contributed by atoms with Crippen molar-refractivity contribution in [2.24, 2.45) is 0 Å². The van der Waals surface area contributed by atoms with Gasteiger partial charge in [0.25, 0.3) is 0 Å². The Morgan fingerprint density at radius 1 is 1.12 bits per heavy atom. The Morgan fingerprint density at radius 2 is 1.62 bits per heavy atom. The summed E-state index contributed by atoms with van der Waals surface area (Å²) < 4.78 is 81.1. The van der Waals surface area contributed by atoms with E-state index in [1.54, 1.807) is 0 Å². The molecule has 0 bridgehead atoms. The Hall–Kier alpha value is -2.70. The van der Waals surface area contributed by atoms with Gasteiger partial charge in [0.05, 0.1) is 24.7 Å². The number of carbonyl (C=O) groups is 2. The lowest BCUT2D eigenvalue weighted by Crippen LogP contribution is -2.42. The lowest BCUT2D eigenvalue weighted by Gasteiger charge is -2.16. The first-order valence-corrected chi connectivity index (χ1v) is 6.97. The van der Waals surface area contributed by atoms with Crippen molar-refractivity contribution in [2.75, 3.05) is 7.11 Å².